The largest absolute Gasteiger partial charge is 0.487 e. The molecule has 25 heavy (non-hydrogen) atoms. The van der Waals surface area contributed by atoms with Crippen LogP contribution >= 0.6 is 0 Å². The van der Waals surface area contributed by atoms with Gasteiger partial charge in [0.2, 0.25) is 0 Å². The lowest BCUT2D eigenvalue weighted by Crippen LogP contribution is -2.41. The van der Waals surface area contributed by atoms with Crippen molar-refractivity contribution in [2.75, 3.05) is 26.2 Å². The zero-order valence-electron chi connectivity index (χ0n) is 14.8. The van der Waals surface area contributed by atoms with Gasteiger partial charge >= 0.3 is 0 Å². The molecule has 0 saturated carbocycles. The van der Waals surface area contributed by atoms with Crippen LogP contribution in [0.4, 0.5) is 0 Å². The number of aromatic nitrogens is 1. The van der Waals surface area contributed by atoms with Crippen LogP contribution in [0.25, 0.3) is 0 Å². The first-order valence-electron chi connectivity index (χ1n) is 9.36. The van der Waals surface area contributed by atoms with Crippen LogP contribution in [0.2, 0.25) is 0 Å². The highest BCUT2D eigenvalue weighted by Gasteiger charge is 2.38. The van der Waals surface area contributed by atoms with Crippen molar-refractivity contribution in [1.82, 2.24) is 15.2 Å². The van der Waals surface area contributed by atoms with Crippen molar-refractivity contribution in [3.05, 3.63) is 59.9 Å². The molecule has 2 aliphatic heterocycles. The van der Waals surface area contributed by atoms with Gasteiger partial charge in [-0.15, -0.1) is 0 Å². The average molecular weight is 337 g/mol. The molecule has 1 aromatic carbocycles. The molecule has 2 aromatic rings. The average Bonchev–Trinajstić information content (AvgIpc) is 3.03. The van der Waals surface area contributed by atoms with Crippen molar-refractivity contribution in [3.8, 4) is 5.75 Å². The third-order valence-corrected chi connectivity index (χ3v) is 5.50. The van der Waals surface area contributed by atoms with Crippen LogP contribution in [-0.4, -0.2) is 36.1 Å². The predicted molar refractivity (Wildman–Crippen MR) is 99.4 cm³/mol. The summed E-state index contributed by atoms with van der Waals surface area (Å²) < 4.78 is 5.92. The van der Waals surface area contributed by atoms with Gasteiger partial charge in [-0.05, 0) is 67.6 Å². The lowest BCUT2D eigenvalue weighted by Gasteiger charge is -2.34. The maximum absolute atomic E-state index is 5.92. The number of pyridine rings is 1. The van der Waals surface area contributed by atoms with Crippen molar-refractivity contribution in [1.29, 1.82) is 0 Å². The summed E-state index contributed by atoms with van der Waals surface area (Å²) in [5, 5.41) is 3.59. The molecule has 2 saturated heterocycles. The normalized spacial score (nSPS) is 23.8. The van der Waals surface area contributed by atoms with E-state index < -0.39 is 0 Å². The van der Waals surface area contributed by atoms with Gasteiger partial charge in [-0.3, -0.25) is 9.88 Å². The highest BCUT2D eigenvalue weighted by atomic mass is 16.5. The van der Waals surface area contributed by atoms with E-state index in [0.29, 0.717) is 12.0 Å². The second-order valence-corrected chi connectivity index (χ2v) is 7.50. The van der Waals surface area contributed by atoms with Gasteiger partial charge < -0.3 is 10.1 Å². The van der Waals surface area contributed by atoms with Gasteiger partial charge in [0.05, 0.1) is 5.69 Å². The number of piperidine rings is 1. The van der Waals surface area contributed by atoms with E-state index >= 15 is 0 Å². The summed E-state index contributed by atoms with van der Waals surface area (Å²) in [6.07, 6.45) is 5.84. The maximum atomic E-state index is 5.92. The number of ether oxygens (including phenoxy) is 1. The molecular weight excluding hydrogens is 310 g/mol. The van der Waals surface area contributed by atoms with Crippen LogP contribution < -0.4 is 10.1 Å². The summed E-state index contributed by atoms with van der Waals surface area (Å²) >= 11 is 0. The summed E-state index contributed by atoms with van der Waals surface area (Å²) in [6, 6.07) is 14.4. The Morgan fingerprint density at radius 2 is 2.16 bits per heavy atom. The zero-order valence-corrected chi connectivity index (χ0v) is 14.8. The van der Waals surface area contributed by atoms with E-state index in [2.05, 4.69) is 33.4 Å². The molecule has 1 spiro atoms. The topological polar surface area (TPSA) is 37.4 Å². The summed E-state index contributed by atoms with van der Waals surface area (Å²) in [6.45, 7) is 6.35. The Morgan fingerprint density at radius 3 is 3.00 bits per heavy atom. The number of likely N-dealkylation sites (tertiary alicyclic amines) is 1. The molecule has 2 fully saturated rings. The van der Waals surface area contributed by atoms with Gasteiger partial charge in [0, 0.05) is 25.8 Å². The molecule has 4 rings (SSSR count). The fourth-order valence-electron chi connectivity index (χ4n) is 4.17. The SMILES string of the molecule is c1ccc(COc2cccc(CN3CCC4(CCCNC4)C3)c2)nc1. The van der Waals surface area contributed by atoms with E-state index in [-0.39, 0.29) is 0 Å². The van der Waals surface area contributed by atoms with E-state index in [4.69, 9.17) is 4.74 Å². The molecular formula is C21H27N3O. The minimum Gasteiger partial charge on any atom is -0.487 e. The Bertz CT molecular complexity index is 683. The Labute approximate surface area is 150 Å². The lowest BCUT2D eigenvalue weighted by atomic mass is 9.80. The van der Waals surface area contributed by atoms with Crippen molar-refractivity contribution >= 4 is 0 Å². The van der Waals surface area contributed by atoms with Crippen LogP contribution in [0, 0.1) is 5.41 Å². The second-order valence-electron chi connectivity index (χ2n) is 7.50. The number of benzene rings is 1. The van der Waals surface area contributed by atoms with Gasteiger partial charge in [0.15, 0.2) is 0 Å². The number of rotatable bonds is 5. The summed E-state index contributed by atoms with van der Waals surface area (Å²) in [5.74, 6) is 0.927. The van der Waals surface area contributed by atoms with Crippen LogP contribution in [-0.2, 0) is 13.2 Å². The molecule has 1 atom stereocenters. The second kappa shape index (κ2) is 7.54. The molecule has 0 bridgehead atoms. The van der Waals surface area contributed by atoms with Gasteiger partial charge in [-0.1, -0.05) is 18.2 Å². The standard InChI is InChI=1S/C21H27N3O/c1-2-11-23-19(6-1)15-25-20-7-3-5-18(13-20)14-24-12-9-21(17-24)8-4-10-22-16-21/h1-3,5-7,11,13,22H,4,8-10,12,14-17H2. The smallest absolute Gasteiger partial charge is 0.130 e. The number of hydrogen-bond acceptors (Lipinski definition) is 4. The Morgan fingerprint density at radius 1 is 1.16 bits per heavy atom. The highest BCUT2D eigenvalue weighted by molar-refractivity contribution is 5.28. The summed E-state index contributed by atoms with van der Waals surface area (Å²) in [7, 11) is 0. The number of hydrogen-bond donors (Lipinski definition) is 1. The molecule has 4 heteroatoms. The van der Waals surface area contributed by atoms with Gasteiger partial charge in [0.25, 0.3) is 0 Å². The Hall–Kier alpha value is -1.91. The molecule has 2 aliphatic rings. The third-order valence-electron chi connectivity index (χ3n) is 5.50. The predicted octanol–water partition coefficient (Wildman–Crippen LogP) is 3.24. The van der Waals surface area contributed by atoms with E-state index in [1.807, 2.05) is 24.3 Å². The van der Waals surface area contributed by atoms with Gasteiger partial charge in [0.1, 0.15) is 12.4 Å². The third kappa shape index (κ3) is 4.20. The first kappa shape index (κ1) is 16.6. The van der Waals surface area contributed by atoms with Crippen molar-refractivity contribution in [2.45, 2.75) is 32.4 Å². The van der Waals surface area contributed by atoms with Crippen molar-refractivity contribution < 1.29 is 4.74 Å². The molecule has 1 unspecified atom stereocenters. The maximum Gasteiger partial charge on any atom is 0.130 e. The van der Waals surface area contributed by atoms with E-state index in [9.17, 15) is 0 Å². The fourth-order valence-corrected chi connectivity index (χ4v) is 4.17. The molecule has 0 radical (unpaired) electrons. The molecule has 3 heterocycles. The van der Waals surface area contributed by atoms with E-state index in [1.54, 1.807) is 6.20 Å². The van der Waals surface area contributed by atoms with Crippen LogP contribution in [0.3, 0.4) is 0 Å². The lowest BCUT2D eigenvalue weighted by molar-refractivity contribution is 0.199. The van der Waals surface area contributed by atoms with Gasteiger partial charge in [-0.2, -0.15) is 0 Å². The number of nitrogens with zero attached hydrogens (tertiary/aromatic N) is 2. The Kier molecular flexibility index (Phi) is 4.99. The molecule has 132 valence electrons. The van der Waals surface area contributed by atoms with Gasteiger partial charge in [-0.25, -0.2) is 0 Å². The van der Waals surface area contributed by atoms with Crippen LogP contribution in [0.15, 0.2) is 48.7 Å². The summed E-state index contributed by atoms with van der Waals surface area (Å²) in [4.78, 5) is 6.91. The quantitative estimate of drug-likeness (QED) is 0.909. The summed E-state index contributed by atoms with van der Waals surface area (Å²) in [5.41, 5.74) is 2.81. The molecule has 0 amide bonds. The van der Waals surface area contributed by atoms with E-state index in [0.717, 1.165) is 18.0 Å². The number of nitrogens with one attached hydrogen (secondary N) is 1. The first-order chi connectivity index (χ1) is 12.3. The van der Waals surface area contributed by atoms with Crippen LogP contribution in [0.1, 0.15) is 30.5 Å². The van der Waals surface area contributed by atoms with Crippen molar-refractivity contribution in [2.24, 2.45) is 5.41 Å². The minimum absolute atomic E-state index is 0.517. The first-order valence-corrected chi connectivity index (χ1v) is 9.36. The molecule has 1 N–H and O–H groups in total. The monoisotopic (exact) mass is 337 g/mol. The fraction of sp³-hybridized carbons (Fsp3) is 0.476. The Balaban J connectivity index is 1.34. The van der Waals surface area contributed by atoms with E-state index in [1.165, 1.54) is 51.0 Å². The minimum atomic E-state index is 0.517. The van der Waals surface area contributed by atoms with Crippen molar-refractivity contribution in [3.63, 3.8) is 0 Å². The van der Waals surface area contributed by atoms with Crippen LogP contribution in [0.5, 0.6) is 5.75 Å². The molecule has 4 nitrogen and oxygen atoms in total. The highest BCUT2D eigenvalue weighted by Crippen LogP contribution is 2.37. The zero-order chi connectivity index (χ0) is 17.0. The molecule has 0 aliphatic carbocycles. The molecule has 1 aromatic heterocycles.